The molecule has 0 aliphatic rings. The Morgan fingerprint density at radius 3 is 2.63 bits per heavy atom. The predicted octanol–water partition coefficient (Wildman–Crippen LogP) is 5.64. The van der Waals surface area contributed by atoms with Crippen LogP contribution >= 0.6 is 0 Å². The topological polar surface area (TPSA) is 46.4 Å². The Morgan fingerprint density at radius 2 is 1.73 bits per heavy atom. The van der Waals surface area contributed by atoms with Crippen molar-refractivity contribution in [1.29, 1.82) is 0 Å². The van der Waals surface area contributed by atoms with Gasteiger partial charge in [-0.05, 0) is 41.0 Å². The van der Waals surface area contributed by atoms with Gasteiger partial charge in [0.15, 0.2) is 0 Å². The van der Waals surface area contributed by atoms with Crippen LogP contribution in [0.1, 0.15) is 11.1 Å². The summed E-state index contributed by atoms with van der Waals surface area (Å²) in [4.78, 5) is 17.7. The lowest BCUT2D eigenvalue weighted by Crippen LogP contribution is -2.15. The first-order chi connectivity index (χ1) is 14.7. The summed E-state index contributed by atoms with van der Waals surface area (Å²) in [6, 6.07) is 26.1. The first-order valence-electron chi connectivity index (χ1n) is 9.99. The van der Waals surface area contributed by atoms with E-state index in [4.69, 9.17) is 4.98 Å². The standard InChI is InChI=1S/C26H21N3O/c1-18-8-7-15-29-17-24(28-26(18)29)22-13-4-5-14-23(22)27-25(30)16-20-11-6-10-19-9-2-3-12-21(19)20/h2-15,17H,16H2,1H3,(H,27,30). The van der Waals surface area contributed by atoms with Gasteiger partial charge < -0.3 is 9.72 Å². The number of rotatable bonds is 4. The lowest BCUT2D eigenvalue weighted by atomic mass is 10.0. The van der Waals surface area contributed by atoms with Crippen LogP contribution in [0, 0.1) is 6.92 Å². The Morgan fingerprint density at radius 1 is 0.933 bits per heavy atom. The third-order valence-electron chi connectivity index (χ3n) is 5.39. The third kappa shape index (κ3) is 3.33. The molecule has 0 radical (unpaired) electrons. The fraction of sp³-hybridized carbons (Fsp3) is 0.0769. The molecule has 146 valence electrons. The molecule has 2 aromatic heterocycles. The summed E-state index contributed by atoms with van der Waals surface area (Å²) in [7, 11) is 0. The molecule has 4 heteroatoms. The van der Waals surface area contributed by atoms with E-state index in [1.54, 1.807) is 0 Å². The van der Waals surface area contributed by atoms with Crippen LogP contribution in [0.2, 0.25) is 0 Å². The number of carbonyl (C=O) groups excluding carboxylic acids is 1. The van der Waals surface area contributed by atoms with E-state index in [-0.39, 0.29) is 5.91 Å². The van der Waals surface area contributed by atoms with Gasteiger partial charge in [-0.2, -0.15) is 0 Å². The smallest absolute Gasteiger partial charge is 0.228 e. The van der Waals surface area contributed by atoms with Gasteiger partial charge in [0.25, 0.3) is 0 Å². The number of nitrogens with one attached hydrogen (secondary N) is 1. The summed E-state index contributed by atoms with van der Waals surface area (Å²) < 4.78 is 2.01. The number of nitrogens with zero attached hydrogens (tertiary/aromatic N) is 2. The molecule has 0 aliphatic carbocycles. The number of hydrogen-bond acceptors (Lipinski definition) is 2. The number of imidazole rings is 1. The number of benzene rings is 3. The van der Waals surface area contributed by atoms with Gasteiger partial charge in [0.1, 0.15) is 5.65 Å². The highest BCUT2D eigenvalue weighted by molar-refractivity contribution is 5.98. The minimum atomic E-state index is -0.0428. The Hall–Kier alpha value is -3.92. The minimum absolute atomic E-state index is 0.0428. The Bertz CT molecular complexity index is 1380. The summed E-state index contributed by atoms with van der Waals surface area (Å²) in [6.45, 7) is 2.05. The molecule has 3 aromatic carbocycles. The highest BCUT2D eigenvalue weighted by atomic mass is 16.1. The van der Waals surface area contributed by atoms with Crippen molar-refractivity contribution in [1.82, 2.24) is 9.38 Å². The van der Waals surface area contributed by atoms with Crippen LogP contribution in [0.15, 0.2) is 91.3 Å². The highest BCUT2D eigenvalue weighted by Crippen LogP contribution is 2.28. The summed E-state index contributed by atoms with van der Waals surface area (Å²) in [6.07, 6.45) is 4.30. The summed E-state index contributed by atoms with van der Waals surface area (Å²) in [5.74, 6) is -0.0428. The second-order valence-corrected chi connectivity index (χ2v) is 7.46. The van der Waals surface area contributed by atoms with Crippen LogP contribution in [-0.2, 0) is 11.2 Å². The number of aryl methyl sites for hydroxylation is 1. The van der Waals surface area contributed by atoms with Crippen LogP contribution in [-0.4, -0.2) is 15.3 Å². The maximum absolute atomic E-state index is 12.9. The average molecular weight is 391 g/mol. The molecule has 0 saturated heterocycles. The van der Waals surface area contributed by atoms with Crippen molar-refractivity contribution in [3.8, 4) is 11.3 Å². The zero-order valence-electron chi connectivity index (χ0n) is 16.7. The van der Waals surface area contributed by atoms with Gasteiger partial charge in [0.2, 0.25) is 5.91 Å². The molecular weight excluding hydrogens is 370 g/mol. The maximum Gasteiger partial charge on any atom is 0.228 e. The zero-order valence-corrected chi connectivity index (χ0v) is 16.7. The number of amides is 1. The van der Waals surface area contributed by atoms with E-state index in [1.807, 2.05) is 84.4 Å². The van der Waals surface area contributed by atoms with E-state index < -0.39 is 0 Å². The van der Waals surface area contributed by atoms with Crippen LogP contribution in [0.3, 0.4) is 0 Å². The van der Waals surface area contributed by atoms with Crippen LogP contribution in [0.4, 0.5) is 5.69 Å². The van der Waals surface area contributed by atoms with Crippen molar-refractivity contribution >= 4 is 28.0 Å². The zero-order chi connectivity index (χ0) is 20.5. The van der Waals surface area contributed by atoms with Crippen LogP contribution in [0.5, 0.6) is 0 Å². The molecule has 0 fully saturated rings. The van der Waals surface area contributed by atoms with E-state index in [9.17, 15) is 4.79 Å². The maximum atomic E-state index is 12.9. The number of para-hydroxylation sites is 1. The van der Waals surface area contributed by atoms with Crippen molar-refractivity contribution in [2.24, 2.45) is 0 Å². The SMILES string of the molecule is Cc1cccn2cc(-c3ccccc3NC(=O)Cc3cccc4ccccc34)nc12. The summed E-state index contributed by atoms with van der Waals surface area (Å²) in [5, 5.41) is 5.35. The first-order valence-corrected chi connectivity index (χ1v) is 9.99. The molecule has 0 saturated carbocycles. The summed E-state index contributed by atoms with van der Waals surface area (Å²) in [5.41, 5.74) is 5.57. The Labute approximate surface area is 174 Å². The van der Waals surface area contributed by atoms with Crippen molar-refractivity contribution < 1.29 is 4.79 Å². The van der Waals surface area contributed by atoms with Gasteiger partial charge >= 0.3 is 0 Å². The number of hydrogen-bond donors (Lipinski definition) is 1. The molecule has 0 unspecified atom stereocenters. The molecule has 2 heterocycles. The average Bonchev–Trinajstić information content (AvgIpc) is 3.20. The van der Waals surface area contributed by atoms with Crippen molar-refractivity contribution in [2.45, 2.75) is 13.3 Å². The predicted molar refractivity (Wildman–Crippen MR) is 122 cm³/mol. The monoisotopic (exact) mass is 391 g/mol. The van der Waals surface area contributed by atoms with E-state index in [1.165, 1.54) is 0 Å². The molecule has 0 atom stereocenters. The van der Waals surface area contributed by atoms with Gasteiger partial charge in [-0.3, -0.25) is 4.79 Å². The van der Waals surface area contributed by atoms with Crippen LogP contribution < -0.4 is 5.32 Å². The fourth-order valence-corrected chi connectivity index (χ4v) is 3.91. The number of aromatic nitrogens is 2. The number of pyridine rings is 1. The first kappa shape index (κ1) is 18.1. The van der Waals surface area contributed by atoms with Crippen molar-refractivity contribution in [3.63, 3.8) is 0 Å². The molecule has 30 heavy (non-hydrogen) atoms. The summed E-state index contributed by atoms with van der Waals surface area (Å²) >= 11 is 0. The van der Waals surface area contributed by atoms with E-state index in [0.29, 0.717) is 6.42 Å². The highest BCUT2D eigenvalue weighted by Gasteiger charge is 2.13. The third-order valence-corrected chi connectivity index (χ3v) is 5.39. The molecule has 0 spiro atoms. The van der Waals surface area contributed by atoms with Gasteiger partial charge in [-0.25, -0.2) is 4.98 Å². The second kappa shape index (κ2) is 7.48. The van der Waals surface area contributed by atoms with Crippen molar-refractivity contribution in [3.05, 3.63) is 102 Å². The number of anilines is 1. The molecule has 0 bridgehead atoms. The molecular formula is C26H21N3O. The van der Waals surface area contributed by atoms with Crippen molar-refractivity contribution in [2.75, 3.05) is 5.32 Å². The van der Waals surface area contributed by atoms with Gasteiger partial charge in [0, 0.05) is 18.0 Å². The largest absolute Gasteiger partial charge is 0.325 e. The molecule has 4 nitrogen and oxygen atoms in total. The molecule has 1 N–H and O–H groups in total. The molecule has 0 aliphatic heterocycles. The normalized spacial score (nSPS) is 11.1. The quantitative estimate of drug-likeness (QED) is 0.431. The second-order valence-electron chi connectivity index (χ2n) is 7.46. The minimum Gasteiger partial charge on any atom is -0.325 e. The molecule has 5 aromatic rings. The molecule has 5 rings (SSSR count). The fourth-order valence-electron chi connectivity index (χ4n) is 3.91. The Kier molecular flexibility index (Phi) is 4.52. The number of fused-ring (bicyclic) bond motifs is 2. The van der Waals surface area contributed by atoms with E-state index >= 15 is 0 Å². The van der Waals surface area contributed by atoms with E-state index in [0.717, 1.165) is 44.5 Å². The Balaban J connectivity index is 1.45. The lowest BCUT2D eigenvalue weighted by Gasteiger charge is -2.11. The lowest BCUT2D eigenvalue weighted by molar-refractivity contribution is -0.115. The van der Waals surface area contributed by atoms with Crippen LogP contribution in [0.25, 0.3) is 27.7 Å². The number of carbonyl (C=O) groups is 1. The van der Waals surface area contributed by atoms with Gasteiger partial charge in [0.05, 0.1) is 17.8 Å². The van der Waals surface area contributed by atoms with Gasteiger partial charge in [-0.1, -0.05) is 66.7 Å². The molecule has 1 amide bonds. The van der Waals surface area contributed by atoms with E-state index in [2.05, 4.69) is 23.5 Å². The van der Waals surface area contributed by atoms with Gasteiger partial charge in [-0.15, -0.1) is 0 Å².